The highest BCUT2D eigenvalue weighted by Gasteiger charge is 2.15. The second-order valence-corrected chi connectivity index (χ2v) is 6.51. The molecule has 0 amide bonds. The fourth-order valence-electron chi connectivity index (χ4n) is 2.92. The van der Waals surface area contributed by atoms with Crippen molar-refractivity contribution in [2.45, 2.75) is 6.92 Å². The normalized spacial score (nSPS) is 13.1. The smallest absolute Gasteiger partial charge is 0.265 e. The van der Waals surface area contributed by atoms with E-state index in [1.807, 2.05) is 19.1 Å². The van der Waals surface area contributed by atoms with Crippen molar-refractivity contribution in [3.63, 3.8) is 0 Å². The van der Waals surface area contributed by atoms with Gasteiger partial charge in [-0.15, -0.1) is 10.2 Å². The molecule has 1 aliphatic heterocycles. The van der Waals surface area contributed by atoms with Crippen molar-refractivity contribution < 1.29 is 9.47 Å². The van der Waals surface area contributed by atoms with Gasteiger partial charge >= 0.3 is 0 Å². The zero-order valence-electron chi connectivity index (χ0n) is 14.2. The largest absolute Gasteiger partial charge is 0.454 e. The lowest BCUT2D eigenvalue weighted by Crippen LogP contribution is -1.99. The number of halogens is 1. The molecule has 2 N–H and O–H groups in total. The molecule has 0 spiro atoms. The van der Waals surface area contributed by atoms with Gasteiger partial charge in [-0.2, -0.15) is 10.1 Å². The summed E-state index contributed by atoms with van der Waals surface area (Å²) in [6.07, 6.45) is 1.56. The second kappa shape index (κ2) is 6.10. The quantitative estimate of drug-likeness (QED) is 0.416. The van der Waals surface area contributed by atoms with Gasteiger partial charge in [-0.25, -0.2) is 5.43 Å². The maximum Gasteiger partial charge on any atom is 0.265 e. The van der Waals surface area contributed by atoms with Crippen LogP contribution < -0.4 is 14.9 Å². The van der Waals surface area contributed by atoms with Crippen LogP contribution in [0.2, 0.25) is 5.02 Å². The van der Waals surface area contributed by atoms with E-state index in [4.69, 9.17) is 21.1 Å². The molecular weight excluding hydrogens is 368 g/mol. The number of rotatable bonds is 3. The zero-order chi connectivity index (χ0) is 18.4. The van der Waals surface area contributed by atoms with Gasteiger partial charge in [-0.05, 0) is 25.1 Å². The Balaban J connectivity index is 1.42. The summed E-state index contributed by atoms with van der Waals surface area (Å²) in [6, 6.07) is 9.54. The number of anilines is 1. The fraction of sp³-hybridized carbons (Fsp3) is 0.111. The van der Waals surface area contributed by atoms with Gasteiger partial charge < -0.3 is 14.5 Å². The first-order valence-electron chi connectivity index (χ1n) is 8.18. The molecule has 134 valence electrons. The van der Waals surface area contributed by atoms with Gasteiger partial charge in [-0.1, -0.05) is 23.2 Å². The molecular formula is C18H13ClN6O2. The molecule has 27 heavy (non-hydrogen) atoms. The third kappa shape index (κ3) is 2.80. The van der Waals surface area contributed by atoms with Crippen LogP contribution in [0.3, 0.4) is 0 Å². The number of hydrogen-bond acceptors (Lipinski definition) is 7. The summed E-state index contributed by atoms with van der Waals surface area (Å²) in [5.74, 6) is 1.53. The van der Waals surface area contributed by atoms with E-state index in [0.29, 0.717) is 27.7 Å². The highest BCUT2D eigenvalue weighted by atomic mass is 35.5. The number of H-pyrrole nitrogens is 1. The Morgan fingerprint density at radius 2 is 2.04 bits per heavy atom. The van der Waals surface area contributed by atoms with Crippen molar-refractivity contribution in [2.75, 3.05) is 12.2 Å². The van der Waals surface area contributed by atoms with Crippen LogP contribution in [-0.4, -0.2) is 33.2 Å². The SMILES string of the molecule is Cc1ccc2[nH]c3nc(N/N=C/c4cc5c(cc4Cl)OCO5)nnc3c2c1. The highest BCUT2D eigenvalue weighted by Crippen LogP contribution is 2.36. The highest BCUT2D eigenvalue weighted by molar-refractivity contribution is 6.33. The first-order chi connectivity index (χ1) is 13.2. The summed E-state index contributed by atoms with van der Waals surface area (Å²) < 4.78 is 10.6. The van der Waals surface area contributed by atoms with Crippen LogP contribution in [0.25, 0.3) is 22.1 Å². The van der Waals surface area contributed by atoms with Crippen molar-refractivity contribution in [3.8, 4) is 11.5 Å². The number of aromatic amines is 1. The first-order valence-corrected chi connectivity index (χ1v) is 8.56. The average Bonchev–Trinajstić information content (AvgIpc) is 3.25. The predicted octanol–water partition coefficient (Wildman–Crippen LogP) is 3.64. The molecule has 4 aromatic rings. The number of hydrogen-bond donors (Lipinski definition) is 2. The maximum atomic E-state index is 6.22. The molecule has 8 nitrogen and oxygen atoms in total. The van der Waals surface area contributed by atoms with Gasteiger partial charge in [0.1, 0.15) is 5.52 Å². The van der Waals surface area contributed by atoms with Gasteiger partial charge in [0.2, 0.25) is 6.79 Å². The summed E-state index contributed by atoms with van der Waals surface area (Å²) in [5, 5.41) is 14.0. The molecule has 0 atom stereocenters. The number of nitrogens with one attached hydrogen (secondary N) is 2. The van der Waals surface area contributed by atoms with Crippen molar-refractivity contribution in [3.05, 3.63) is 46.5 Å². The summed E-state index contributed by atoms with van der Waals surface area (Å²) >= 11 is 6.22. The fourth-order valence-corrected chi connectivity index (χ4v) is 3.13. The van der Waals surface area contributed by atoms with Gasteiger partial charge in [0.25, 0.3) is 5.95 Å². The number of aryl methyl sites for hydroxylation is 1. The Morgan fingerprint density at radius 3 is 2.93 bits per heavy atom. The monoisotopic (exact) mass is 380 g/mol. The third-order valence-corrected chi connectivity index (χ3v) is 4.56. The van der Waals surface area contributed by atoms with E-state index in [0.717, 1.165) is 22.0 Å². The number of aromatic nitrogens is 4. The molecule has 2 aromatic carbocycles. The minimum atomic E-state index is 0.189. The van der Waals surface area contributed by atoms with E-state index < -0.39 is 0 Å². The van der Waals surface area contributed by atoms with E-state index in [9.17, 15) is 0 Å². The molecule has 0 fully saturated rings. The molecule has 0 bridgehead atoms. The lowest BCUT2D eigenvalue weighted by Gasteiger charge is -2.01. The Morgan fingerprint density at radius 1 is 1.19 bits per heavy atom. The van der Waals surface area contributed by atoms with E-state index in [1.165, 1.54) is 0 Å². The lowest BCUT2D eigenvalue weighted by atomic mass is 10.2. The van der Waals surface area contributed by atoms with Crippen LogP contribution in [-0.2, 0) is 0 Å². The van der Waals surface area contributed by atoms with Crippen LogP contribution in [0.15, 0.2) is 35.4 Å². The van der Waals surface area contributed by atoms with E-state index in [2.05, 4.69) is 36.8 Å². The number of benzene rings is 2. The minimum absolute atomic E-state index is 0.189. The standard InChI is InChI=1S/C18H13ClN6O2/c1-9-2-3-13-11(4-9)16-17(21-13)22-18(25-23-16)24-20-7-10-5-14-15(6-12(10)19)27-8-26-14/h2-7H,8H2,1H3,(H2,21,22,24,25)/b20-7+. The van der Waals surface area contributed by atoms with Crippen molar-refractivity contribution in [1.29, 1.82) is 0 Å². The molecule has 5 rings (SSSR count). The number of hydrazone groups is 1. The molecule has 1 aliphatic rings. The summed E-state index contributed by atoms with van der Waals surface area (Å²) in [7, 11) is 0. The van der Waals surface area contributed by atoms with E-state index >= 15 is 0 Å². The maximum absolute atomic E-state index is 6.22. The summed E-state index contributed by atoms with van der Waals surface area (Å²) in [5.41, 5.74) is 6.93. The topological polar surface area (TPSA) is 97.3 Å². The molecule has 0 radical (unpaired) electrons. The number of ether oxygens (including phenoxy) is 2. The van der Waals surface area contributed by atoms with Gasteiger partial charge in [0, 0.05) is 22.5 Å². The first kappa shape index (κ1) is 15.8. The Kier molecular flexibility index (Phi) is 3.58. The minimum Gasteiger partial charge on any atom is -0.454 e. The van der Waals surface area contributed by atoms with Gasteiger partial charge in [0.15, 0.2) is 17.1 Å². The molecule has 2 aromatic heterocycles. The summed E-state index contributed by atoms with van der Waals surface area (Å²) in [4.78, 5) is 7.66. The zero-order valence-corrected chi connectivity index (χ0v) is 14.9. The third-order valence-electron chi connectivity index (χ3n) is 4.23. The molecule has 0 saturated heterocycles. The van der Waals surface area contributed by atoms with Gasteiger partial charge in [0.05, 0.1) is 11.2 Å². The lowest BCUT2D eigenvalue weighted by molar-refractivity contribution is 0.174. The van der Waals surface area contributed by atoms with Crippen LogP contribution in [0.1, 0.15) is 11.1 Å². The molecule has 9 heteroatoms. The van der Waals surface area contributed by atoms with Crippen LogP contribution in [0.4, 0.5) is 5.95 Å². The number of fused-ring (bicyclic) bond motifs is 4. The van der Waals surface area contributed by atoms with E-state index in [1.54, 1.807) is 18.3 Å². The Labute approximate surface area is 158 Å². The summed E-state index contributed by atoms with van der Waals surface area (Å²) in [6.45, 7) is 2.22. The average molecular weight is 381 g/mol. The van der Waals surface area contributed by atoms with E-state index in [-0.39, 0.29) is 12.7 Å². The predicted molar refractivity (Wildman–Crippen MR) is 103 cm³/mol. The second-order valence-electron chi connectivity index (χ2n) is 6.10. The molecule has 3 heterocycles. The van der Waals surface area contributed by atoms with Crippen molar-refractivity contribution in [1.82, 2.24) is 20.2 Å². The Hall–Kier alpha value is -3.39. The van der Waals surface area contributed by atoms with Crippen LogP contribution in [0, 0.1) is 6.92 Å². The van der Waals surface area contributed by atoms with Gasteiger partial charge in [-0.3, -0.25) is 0 Å². The van der Waals surface area contributed by atoms with Crippen LogP contribution >= 0.6 is 11.6 Å². The molecule has 0 aliphatic carbocycles. The number of nitrogens with zero attached hydrogens (tertiary/aromatic N) is 4. The van der Waals surface area contributed by atoms with Crippen molar-refractivity contribution >= 4 is 45.8 Å². The van der Waals surface area contributed by atoms with Crippen molar-refractivity contribution in [2.24, 2.45) is 5.10 Å². The Bertz CT molecular complexity index is 1220. The molecule has 0 unspecified atom stereocenters. The van der Waals surface area contributed by atoms with Crippen LogP contribution in [0.5, 0.6) is 11.5 Å². The molecule has 0 saturated carbocycles.